The molecule has 3 aromatic heterocycles. The Morgan fingerprint density at radius 3 is 2.39 bits per heavy atom. The normalized spacial score (nSPS) is 12.0. The summed E-state index contributed by atoms with van der Waals surface area (Å²) in [5.74, 6) is 1.69. The number of aryl methyl sites for hydroxylation is 4. The van der Waals surface area contributed by atoms with Crippen LogP contribution in [-0.2, 0) is 20.5 Å². The van der Waals surface area contributed by atoms with Crippen LogP contribution in [0.4, 0.5) is 0 Å². The number of fused-ring (bicyclic) bond motifs is 1. The summed E-state index contributed by atoms with van der Waals surface area (Å²) in [5.41, 5.74) is 9.04. The second-order valence-electron chi connectivity index (χ2n) is 9.77. The highest BCUT2D eigenvalue weighted by molar-refractivity contribution is 5.81. The summed E-state index contributed by atoms with van der Waals surface area (Å²) >= 11 is 0. The highest BCUT2D eigenvalue weighted by Gasteiger charge is 2.21. The molecule has 0 spiro atoms. The van der Waals surface area contributed by atoms with Gasteiger partial charge < -0.3 is 4.57 Å². The molecule has 1 aromatic carbocycles. The fourth-order valence-electron chi connectivity index (χ4n) is 4.33. The van der Waals surface area contributed by atoms with Gasteiger partial charge in [0.25, 0.3) is 0 Å². The Kier molecular flexibility index (Phi) is 5.16. The van der Waals surface area contributed by atoms with Crippen LogP contribution in [0.25, 0.3) is 33.8 Å². The summed E-state index contributed by atoms with van der Waals surface area (Å²) in [6, 6.07) is 11.0. The van der Waals surface area contributed by atoms with E-state index < -0.39 is 0 Å². The molecule has 0 atom stereocenters. The minimum atomic E-state index is 0.248. The summed E-state index contributed by atoms with van der Waals surface area (Å²) in [4.78, 5) is 14.1. The quantitative estimate of drug-likeness (QED) is 0.442. The van der Waals surface area contributed by atoms with Crippen LogP contribution in [0.5, 0.6) is 0 Å². The van der Waals surface area contributed by atoms with Crippen LogP contribution in [0.15, 0.2) is 36.5 Å². The molecule has 4 rings (SSSR count). The van der Waals surface area contributed by atoms with Crippen molar-refractivity contribution < 1.29 is 4.57 Å². The number of hydrogen-bond acceptors (Lipinski definition) is 3. The molecular formula is C26H32N5+. The molecule has 0 aliphatic rings. The Bertz CT molecular complexity index is 1290. The van der Waals surface area contributed by atoms with E-state index in [9.17, 15) is 0 Å². The summed E-state index contributed by atoms with van der Waals surface area (Å²) in [6.45, 7) is 13.0. The van der Waals surface area contributed by atoms with Crippen LogP contribution >= 0.6 is 0 Å². The van der Waals surface area contributed by atoms with Gasteiger partial charge in [-0.05, 0) is 49.8 Å². The maximum absolute atomic E-state index is 4.94. The number of rotatable bonds is 3. The van der Waals surface area contributed by atoms with Gasteiger partial charge >= 0.3 is 0 Å². The van der Waals surface area contributed by atoms with Gasteiger partial charge in [0.15, 0.2) is 11.8 Å². The molecule has 0 bridgehead atoms. The first-order valence-corrected chi connectivity index (χ1v) is 10.8. The first kappa shape index (κ1) is 21.2. The molecule has 5 heteroatoms. The van der Waals surface area contributed by atoms with Gasteiger partial charge in [0, 0.05) is 30.3 Å². The molecule has 0 amide bonds. The average molecular weight is 415 g/mol. The lowest BCUT2D eigenvalue weighted by Crippen LogP contribution is -2.31. The molecule has 0 saturated carbocycles. The maximum atomic E-state index is 4.94. The molecule has 5 nitrogen and oxygen atoms in total. The van der Waals surface area contributed by atoms with Gasteiger partial charge in [-0.2, -0.15) is 0 Å². The zero-order valence-corrected chi connectivity index (χ0v) is 19.9. The maximum Gasteiger partial charge on any atom is 0.212 e. The molecule has 0 aliphatic carbocycles. The number of nitrogens with zero attached hydrogens (tertiary/aromatic N) is 5. The summed E-state index contributed by atoms with van der Waals surface area (Å²) < 4.78 is 4.28. The van der Waals surface area contributed by atoms with Crippen molar-refractivity contribution in [2.75, 3.05) is 0 Å². The van der Waals surface area contributed by atoms with Crippen LogP contribution in [0.1, 0.15) is 43.4 Å². The minimum absolute atomic E-state index is 0.248. The predicted octanol–water partition coefficient (Wildman–Crippen LogP) is 5.04. The van der Waals surface area contributed by atoms with E-state index in [0.29, 0.717) is 0 Å². The van der Waals surface area contributed by atoms with E-state index in [1.807, 2.05) is 20.9 Å². The fraction of sp³-hybridized carbons (Fsp3) is 0.385. The largest absolute Gasteiger partial charge is 0.312 e. The Hall–Kier alpha value is -3.08. The molecule has 160 valence electrons. The summed E-state index contributed by atoms with van der Waals surface area (Å²) in [5, 5.41) is 0. The number of imidazole rings is 1. The third kappa shape index (κ3) is 3.97. The van der Waals surface area contributed by atoms with E-state index in [1.54, 1.807) is 0 Å². The van der Waals surface area contributed by atoms with Crippen molar-refractivity contribution in [1.82, 2.24) is 19.5 Å². The standard InChI is InChI=1S/C26H32N5/c1-16-20(22-14-19(12-13-30(22)7)15-26(4,5)6)10-9-11-21(16)24-29-23-17(2)27-18(3)28-25(23)31(24)8/h9-14H,15H2,1-8H3/q+1. The van der Waals surface area contributed by atoms with E-state index >= 15 is 0 Å². The Morgan fingerprint density at radius 1 is 0.968 bits per heavy atom. The second-order valence-corrected chi connectivity index (χ2v) is 9.77. The van der Waals surface area contributed by atoms with Gasteiger partial charge in [0.05, 0.1) is 5.69 Å². The molecule has 0 radical (unpaired) electrons. The van der Waals surface area contributed by atoms with Crippen molar-refractivity contribution >= 4 is 11.2 Å². The number of pyridine rings is 1. The van der Waals surface area contributed by atoms with Crippen molar-refractivity contribution in [3.63, 3.8) is 0 Å². The van der Waals surface area contributed by atoms with Gasteiger partial charge in [-0.25, -0.2) is 19.5 Å². The van der Waals surface area contributed by atoms with E-state index in [0.717, 1.165) is 40.5 Å². The van der Waals surface area contributed by atoms with Crippen molar-refractivity contribution in [2.24, 2.45) is 19.5 Å². The van der Waals surface area contributed by atoms with Crippen LogP contribution in [0.2, 0.25) is 0 Å². The fourth-order valence-corrected chi connectivity index (χ4v) is 4.33. The van der Waals surface area contributed by atoms with Crippen LogP contribution in [-0.4, -0.2) is 19.5 Å². The molecule has 0 aliphatic heterocycles. The lowest BCUT2D eigenvalue weighted by molar-refractivity contribution is -0.660. The zero-order valence-electron chi connectivity index (χ0n) is 19.9. The topological polar surface area (TPSA) is 47.5 Å². The predicted molar refractivity (Wildman–Crippen MR) is 126 cm³/mol. The van der Waals surface area contributed by atoms with Gasteiger partial charge in [0.2, 0.25) is 5.69 Å². The van der Waals surface area contributed by atoms with Gasteiger partial charge in [-0.15, -0.1) is 0 Å². The van der Waals surface area contributed by atoms with E-state index in [4.69, 9.17) is 4.98 Å². The van der Waals surface area contributed by atoms with Crippen molar-refractivity contribution in [2.45, 2.75) is 48.0 Å². The Morgan fingerprint density at radius 2 is 1.68 bits per heavy atom. The summed E-state index contributed by atoms with van der Waals surface area (Å²) in [6.07, 6.45) is 3.21. The van der Waals surface area contributed by atoms with Crippen LogP contribution in [0.3, 0.4) is 0 Å². The number of hydrogen-bond donors (Lipinski definition) is 0. The Labute approximate surface area is 184 Å². The molecular weight excluding hydrogens is 382 g/mol. The van der Waals surface area contributed by atoms with Crippen LogP contribution < -0.4 is 4.57 Å². The number of aromatic nitrogens is 5. The lowest BCUT2D eigenvalue weighted by atomic mass is 9.87. The van der Waals surface area contributed by atoms with E-state index in [2.05, 4.69) is 90.4 Å². The molecule has 4 aromatic rings. The SMILES string of the molecule is Cc1nc(C)c2nc(-c3cccc(-c4cc(CC(C)(C)C)cc[n+]4C)c3C)n(C)c2n1. The van der Waals surface area contributed by atoms with Gasteiger partial charge in [-0.1, -0.05) is 32.9 Å². The third-order valence-corrected chi connectivity index (χ3v) is 5.80. The molecule has 0 N–H and O–H groups in total. The second kappa shape index (κ2) is 7.56. The molecule has 0 saturated heterocycles. The first-order valence-electron chi connectivity index (χ1n) is 10.8. The first-order chi connectivity index (χ1) is 14.5. The van der Waals surface area contributed by atoms with Gasteiger partial charge in [0.1, 0.15) is 24.2 Å². The summed E-state index contributed by atoms with van der Waals surface area (Å²) in [7, 11) is 4.14. The van der Waals surface area contributed by atoms with Crippen LogP contribution in [0, 0.1) is 26.2 Å². The molecule has 0 fully saturated rings. The van der Waals surface area contributed by atoms with E-state index in [-0.39, 0.29) is 5.41 Å². The van der Waals surface area contributed by atoms with E-state index in [1.165, 1.54) is 22.4 Å². The highest BCUT2D eigenvalue weighted by atomic mass is 15.1. The monoisotopic (exact) mass is 414 g/mol. The van der Waals surface area contributed by atoms with Crippen molar-refractivity contribution in [3.8, 4) is 22.6 Å². The van der Waals surface area contributed by atoms with Crippen molar-refractivity contribution in [1.29, 1.82) is 0 Å². The zero-order chi connectivity index (χ0) is 22.5. The number of benzene rings is 1. The van der Waals surface area contributed by atoms with Crippen molar-refractivity contribution in [3.05, 3.63) is 59.2 Å². The minimum Gasteiger partial charge on any atom is -0.312 e. The smallest absolute Gasteiger partial charge is 0.212 e. The molecule has 3 heterocycles. The highest BCUT2D eigenvalue weighted by Crippen LogP contribution is 2.32. The average Bonchev–Trinajstić information content (AvgIpc) is 3.00. The lowest BCUT2D eigenvalue weighted by Gasteiger charge is -2.18. The molecule has 31 heavy (non-hydrogen) atoms. The Balaban J connectivity index is 1.88. The third-order valence-electron chi connectivity index (χ3n) is 5.80. The van der Waals surface area contributed by atoms with Gasteiger partial charge in [-0.3, -0.25) is 0 Å². The molecule has 0 unspecified atom stereocenters.